The van der Waals surface area contributed by atoms with Crippen LogP contribution < -0.4 is 5.76 Å². The van der Waals surface area contributed by atoms with Crippen molar-refractivity contribution in [2.45, 2.75) is 13.3 Å². The Kier molecular flexibility index (Phi) is 2.41. The molecule has 1 heterocycles. The molecule has 15 heavy (non-hydrogen) atoms. The van der Waals surface area contributed by atoms with E-state index in [1.54, 1.807) is 12.1 Å². The van der Waals surface area contributed by atoms with Crippen LogP contribution in [0, 0.1) is 5.82 Å². The lowest BCUT2D eigenvalue weighted by Crippen LogP contribution is -1.94. The van der Waals surface area contributed by atoms with Crippen molar-refractivity contribution in [2.75, 3.05) is 0 Å². The molecule has 0 aliphatic heterocycles. The summed E-state index contributed by atoms with van der Waals surface area (Å²) in [5, 5.41) is 0. The molecular weight excluding hydrogens is 197 g/mol. The van der Waals surface area contributed by atoms with E-state index >= 15 is 0 Å². The Morgan fingerprint density at radius 2 is 2.00 bits per heavy atom. The Bertz CT molecular complexity index is 510. The van der Waals surface area contributed by atoms with Crippen LogP contribution in [-0.4, -0.2) is 4.98 Å². The first kappa shape index (κ1) is 9.71. The van der Waals surface area contributed by atoms with Gasteiger partial charge in [-0.05, 0) is 24.3 Å². The van der Waals surface area contributed by atoms with E-state index in [1.807, 2.05) is 6.92 Å². The van der Waals surface area contributed by atoms with Crippen molar-refractivity contribution in [1.82, 2.24) is 4.98 Å². The number of aromatic amines is 1. The average molecular weight is 207 g/mol. The molecule has 4 heteroatoms. The van der Waals surface area contributed by atoms with Gasteiger partial charge in [-0.3, -0.25) is 4.98 Å². The number of hydrogen-bond donors (Lipinski definition) is 1. The molecule has 1 aromatic heterocycles. The molecule has 3 nitrogen and oxygen atoms in total. The van der Waals surface area contributed by atoms with E-state index in [2.05, 4.69) is 4.98 Å². The molecule has 1 N–H and O–H groups in total. The highest BCUT2D eigenvalue weighted by molar-refractivity contribution is 5.60. The van der Waals surface area contributed by atoms with Gasteiger partial charge in [0.15, 0.2) is 0 Å². The third-order valence-electron chi connectivity index (χ3n) is 2.18. The minimum Gasteiger partial charge on any atom is -0.412 e. The summed E-state index contributed by atoms with van der Waals surface area (Å²) in [6, 6.07) is 5.91. The second-order valence-electron chi connectivity index (χ2n) is 3.17. The molecule has 0 fully saturated rings. The summed E-state index contributed by atoms with van der Waals surface area (Å²) in [4.78, 5) is 13.6. The summed E-state index contributed by atoms with van der Waals surface area (Å²) in [6.45, 7) is 1.89. The standard InChI is InChI=1S/C11H10FNO2/c1-2-9-10(13-11(14)15-9)7-3-5-8(12)6-4-7/h3-6H,2H2,1H3,(H,13,14). The molecule has 0 saturated heterocycles. The van der Waals surface area contributed by atoms with E-state index in [0.717, 1.165) is 5.56 Å². The van der Waals surface area contributed by atoms with Crippen molar-refractivity contribution in [2.24, 2.45) is 0 Å². The number of oxazole rings is 1. The van der Waals surface area contributed by atoms with Gasteiger partial charge in [0.2, 0.25) is 0 Å². The lowest BCUT2D eigenvalue weighted by molar-refractivity contribution is 0.474. The minimum absolute atomic E-state index is 0.303. The molecule has 0 atom stereocenters. The first-order chi connectivity index (χ1) is 7.20. The largest absolute Gasteiger partial charge is 0.416 e. The molecule has 0 aliphatic carbocycles. The summed E-state index contributed by atoms with van der Waals surface area (Å²) in [7, 11) is 0. The van der Waals surface area contributed by atoms with Gasteiger partial charge in [0.1, 0.15) is 11.6 Å². The first-order valence-corrected chi connectivity index (χ1v) is 4.68. The maximum Gasteiger partial charge on any atom is 0.416 e. The number of H-pyrrole nitrogens is 1. The summed E-state index contributed by atoms with van der Waals surface area (Å²) in [5.74, 6) is -0.194. The fraction of sp³-hybridized carbons (Fsp3) is 0.182. The van der Waals surface area contributed by atoms with E-state index < -0.39 is 5.76 Å². The van der Waals surface area contributed by atoms with Crippen LogP contribution in [0.3, 0.4) is 0 Å². The summed E-state index contributed by atoms with van der Waals surface area (Å²) < 4.78 is 17.6. The van der Waals surface area contributed by atoms with Crippen molar-refractivity contribution >= 4 is 0 Å². The SMILES string of the molecule is CCc1oc(=O)[nH]c1-c1ccc(F)cc1. The highest BCUT2D eigenvalue weighted by atomic mass is 19.1. The number of aryl methyl sites for hydroxylation is 1. The summed E-state index contributed by atoms with van der Waals surface area (Å²) in [5.41, 5.74) is 1.38. The van der Waals surface area contributed by atoms with Crippen LogP contribution in [0.25, 0.3) is 11.3 Å². The Balaban J connectivity index is 2.53. The average Bonchev–Trinajstić information content (AvgIpc) is 2.61. The van der Waals surface area contributed by atoms with Gasteiger partial charge in [0, 0.05) is 12.0 Å². The summed E-state index contributed by atoms with van der Waals surface area (Å²) in [6.07, 6.45) is 0.617. The number of hydrogen-bond acceptors (Lipinski definition) is 2. The lowest BCUT2D eigenvalue weighted by atomic mass is 10.1. The number of halogens is 1. The third kappa shape index (κ3) is 1.83. The van der Waals surface area contributed by atoms with Crippen molar-refractivity contribution in [3.63, 3.8) is 0 Å². The van der Waals surface area contributed by atoms with Crippen LogP contribution in [0.15, 0.2) is 33.5 Å². The molecule has 78 valence electrons. The predicted molar refractivity (Wildman–Crippen MR) is 54.1 cm³/mol. The number of rotatable bonds is 2. The van der Waals surface area contributed by atoms with Gasteiger partial charge in [-0.1, -0.05) is 6.92 Å². The first-order valence-electron chi connectivity index (χ1n) is 4.68. The molecule has 0 unspecified atom stereocenters. The second kappa shape index (κ2) is 3.73. The van der Waals surface area contributed by atoms with Crippen LogP contribution in [-0.2, 0) is 6.42 Å². The maximum atomic E-state index is 12.7. The number of nitrogens with one attached hydrogen (secondary N) is 1. The van der Waals surface area contributed by atoms with Crippen molar-refractivity contribution < 1.29 is 8.81 Å². The quantitative estimate of drug-likeness (QED) is 0.821. The van der Waals surface area contributed by atoms with Crippen LogP contribution in [0.1, 0.15) is 12.7 Å². The normalized spacial score (nSPS) is 10.5. The second-order valence-corrected chi connectivity index (χ2v) is 3.17. The molecule has 0 saturated carbocycles. The summed E-state index contributed by atoms with van der Waals surface area (Å²) >= 11 is 0. The zero-order chi connectivity index (χ0) is 10.8. The topological polar surface area (TPSA) is 46.0 Å². The van der Waals surface area contributed by atoms with Crippen molar-refractivity contribution in [1.29, 1.82) is 0 Å². The van der Waals surface area contributed by atoms with E-state index in [4.69, 9.17) is 4.42 Å². The van der Waals surface area contributed by atoms with Crippen molar-refractivity contribution in [3.8, 4) is 11.3 Å². The zero-order valence-corrected chi connectivity index (χ0v) is 8.21. The molecule has 2 rings (SSSR count). The van der Waals surface area contributed by atoms with E-state index in [9.17, 15) is 9.18 Å². The number of benzene rings is 1. The molecule has 0 amide bonds. The van der Waals surface area contributed by atoms with Gasteiger partial charge in [0.05, 0.1) is 5.69 Å². The molecule has 0 spiro atoms. The highest BCUT2D eigenvalue weighted by Gasteiger charge is 2.09. The molecular formula is C11H10FNO2. The predicted octanol–water partition coefficient (Wildman–Crippen LogP) is 2.34. The monoisotopic (exact) mass is 207 g/mol. The van der Waals surface area contributed by atoms with Crippen LogP contribution >= 0.6 is 0 Å². The van der Waals surface area contributed by atoms with E-state index in [0.29, 0.717) is 17.9 Å². The minimum atomic E-state index is -0.480. The Labute approximate surface area is 85.6 Å². The fourth-order valence-corrected chi connectivity index (χ4v) is 1.46. The van der Waals surface area contributed by atoms with Crippen molar-refractivity contribution in [3.05, 3.63) is 46.4 Å². The van der Waals surface area contributed by atoms with E-state index in [-0.39, 0.29) is 5.82 Å². The van der Waals surface area contributed by atoms with E-state index in [1.165, 1.54) is 12.1 Å². The third-order valence-corrected chi connectivity index (χ3v) is 2.18. The van der Waals surface area contributed by atoms with Gasteiger partial charge in [-0.25, -0.2) is 9.18 Å². The van der Waals surface area contributed by atoms with Crippen LogP contribution in [0.2, 0.25) is 0 Å². The Morgan fingerprint density at radius 1 is 1.33 bits per heavy atom. The van der Waals surface area contributed by atoms with Crippen LogP contribution in [0.5, 0.6) is 0 Å². The number of aromatic nitrogens is 1. The Hall–Kier alpha value is -1.84. The highest BCUT2D eigenvalue weighted by Crippen LogP contribution is 2.20. The molecule has 2 aromatic rings. The molecule has 1 aromatic carbocycles. The van der Waals surface area contributed by atoms with Gasteiger partial charge in [0.25, 0.3) is 0 Å². The lowest BCUT2D eigenvalue weighted by Gasteiger charge is -1.98. The van der Waals surface area contributed by atoms with Gasteiger partial charge < -0.3 is 4.42 Å². The smallest absolute Gasteiger partial charge is 0.412 e. The van der Waals surface area contributed by atoms with Gasteiger partial charge >= 0.3 is 5.76 Å². The van der Waals surface area contributed by atoms with Crippen LogP contribution in [0.4, 0.5) is 4.39 Å². The zero-order valence-electron chi connectivity index (χ0n) is 8.21. The molecule has 0 bridgehead atoms. The van der Waals surface area contributed by atoms with Gasteiger partial charge in [-0.15, -0.1) is 0 Å². The maximum absolute atomic E-state index is 12.7. The van der Waals surface area contributed by atoms with Gasteiger partial charge in [-0.2, -0.15) is 0 Å². The fourth-order valence-electron chi connectivity index (χ4n) is 1.46. The molecule has 0 aliphatic rings. The Morgan fingerprint density at radius 3 is 2.60 bits per heavy atom. The molecule has 0 radical (unpaired) electrons.